The van der Waals surface area contributed by atoms with E-state index in [2.05, 4.69) is 10.2 Å². The van der Waals surface area contributed by atoms with Crippen LogP contribution in [-0.2, 0) is 11.2 Å². The van der Waals surface area contributed by atoms with Gasteiger partial charge in [0.25, 0.3) is 0 Å². The van der Waals surface area contributed by atoms with Crippen molar-refractivity contribution >= 4 is 17.6 Å². The quantitative estimate of drug-likeness (QED) is 0.858. The van der Waals surface area contributed by atoms with E-state index >= 15 is 0 Å². The minimum Gasteiger partial charge on any atom is -0.478 e. The zero-order valence-corrected chi connectivity index (χ0v) is 11.8. The third-order valence-electron chi connectivity index (χ3n) is 3.38. The number of anilines is 1. The summed E-state index contributed by atoms with van der Waals surface area (Å²) in [6, 6.07) is 5.34. The van der Waals surface area contributed by atoms with Gasteiger partial charge in [-0.3, -0.25) is 4.79 Å². The third-order valence-corrected chi connectivity index (χ3v) is 3.38. The molecule has 0 saturated heterocycles. The predicted octanol–water partition coefficient (Wildman–Crippen LogP) is 1.66. The highest BCUT2D eigenvalue weighted by atomic mass is 16.4. The van der Waals surface area contributed by atoms with Crippen molar-refractivity contribution in [2.75, 3.05) is 18.0 Å². The van der Waals surface area contributed by atoms with Crippen LogP contribution in [0.15, 0.2) is 18.2 Å². The molecule has 0 radical (unpaired) electrons. The number of rotatable bonds is 5. The summed E-state index contributed by atoms with van der Waals surface area (Å²) in [5.74, 6) is -0.849. The van der Waals surface area contributed by atoms with Gasteiger partial charge in [-0.25, -0.2) is 4.79 Å². The van der Waals surface area contributed by atoms with Gasteiger partial charge in [0.05, 0.1) is 5.56 Å². The number of nitrogens with zero attached hydrogens (tertiary/aromatic N) is 1. The Hall–Kier alpha value is -2.04. The lowest BCUT2D eigenvalue weighted by Crippen LogP contribution is -2.33. The molecule has 0 fully saturated rings. The van der Waals surface area contributed by atoms with Crippen molar-refractivity contribution in [1.82, 2.24) is 5.32 Å². The summed E-state index contributed by atoms with van der Waals surface area (Å²) in [5.41, 5.74) is 2.42. The first kappa shape index (κ1) is 14.4. The fourth-order valence-electron chi connectivity index (χ4n) is 2.47. The summed E-state index contributed by atoms with van der Waals surface area (Å²) >= 11 is 0. The van der Waals surface area contributed by atoms with Crippen LogP contribution in [0, 0.1) is 0 Å². The number of carboxylic acids is 1. The molecule has 1 aromatic carbocycles. The van der Waals surface area contributed by atoms with Gasteiger partial charge in [-0.2, -0.15) is 0 Å². The van der Waals surface area contributed by atoms with Crippen molar-refractivity contribution in [2.24, 2.45) is 0 Å². The van der Waals surface area contributed by atoms with Crippen LogP contribution in [0.2, 0.25) is 0 Å². The van der Waals surface area contributed by atoms with Gasteiger partial charge < -0.3 is 15.3 Å². The highest BCUT2D eigenvalue weighted by molar-refractivity contribution is 5.89. The predicted molar refractivity (Wildman–Crippen MR) is 77.2 cm³/mol. The maximum absolute atomic E-state index is 11.7. The molecule has 1 aromatic rings. The SMILES string of the molecule is CC(C)NC(=O)CCN1CCc2cc(C(=O)O)ccc21. The molecule has 1 aliphatic rings. The first-order valence-corrected chi connectivity index (χ1v) is 6.88. The van der Waals surface area contributed by atoms with Gasteiger partial charge >= 0.3 is 5.97 Å². The number of carboxylic acid groups (broad SMARTS) is 1. The number of hydrogen-bond donors (Lipinski definition) is 2. The molecular formula is C15H20N2O3. The maximum Gasteiger partial charge on any atom is 0.335 e. The Labute approximate surface area is 118 Å². The first-order valence-electron chi connectivity index (χ1n) is 6.88. The van der Waals surface area contributed by atoms with Crippen molar-refractivity contribution in [2.45, 2.75) is 32.7 Å². The van der Waals surface area contributed by atoms with Gasteiger partial charge in [0.2, 0.25) is 5.91 Å². The van der Waals surface area contributed by atoms with Crippen LogP contribution in [0.4, 0.5) is 5.69 Å². The summed E-state index contributed by atoms with van der Waals surface area (Å²) in [7, 11) is 0. The van der Waals surface area contributed by atoms with E-state index in [0.29, 0.717) is 18.5 Å². The molecule has 2 rings (SSSR count). The normalized spacial score (nSPS) is 13.4. The second kappa shape index (κ2) is 5.94. The Bertz CT molecular complexity index is 526. The van der Waals surface area contributed by atoms with Crippen LogP contribution in [0.1, 0.15) is 36.2 Å². The highest BCUT2D eigenvalue weighted by Crippen LogP contribution is 2.28. The van der Waals surface area contributed by atoms with E-state index in [1.165, 1.54) is 0 Å². The van der Waals surface area contributed by atoms with Crippen molar-refractivity contribution in [3.63, 3.8) is 0 Å². The zero-order valence-electron chi connectivity index (χ0n) is 11.8. The lowest BCUT2D eigenvalue weighted by atomic mass is 10.1. The summed E-state index contributed by atoms with van der Waals surface area (Å²) < 4.78 is 0. The smallest absolute Gasteiger partial charge is 0.335 e. The fourth-order valence-corrected chi connectivity index (χ4v) is 2.47. The second-order valence-electron chi connectivity index (χ2n) is 5.36. The molecule has 1 aliphatic heterocycles. The standard InChI is InChI=1S/C15H20N2O3/c1-10(2)16-14(18)6-8-17-7-5-11-9-12(15(19)20)3-4-13(11)17/h3-4,9-10H,5-8H2,1-2H3,(H,16,18)(H,19,20). The molecule has 2 N–H and O–H groups in total. The molecule has 20 heavy (non-hydrogen) atoms. The van der Waals surface area contributed by atoms with E-state index in [-0.39, 0.29) is 11.9 Å². The highest BCUT2D eigenvalue weighted by Gasteiger charge is 2.20. The van der Waals surface area contributed by atoms with E-state index in [1.54, 1.807) is 12.1 Å². The van der Waals surface area contributed by atoms with Crippen LogP contribution < -0.4 is 10.2 Å². The number of carbonyl (C=O) groups is 2. The van der Waals surface area contributed by atoms with Crippen LogP contribution >= 0.6 is 0 Å². The largest absolute Gasteiger partial charge is 0.478 e. The van der Waals surface area contributed by atoms with Crippen molar-refractivity contribution in [1.29, 1.82) is 0 Å². The number of carbonyl (C=O) groups excluding carboxylic acids is 1. The number of nitrogens with one attached hydrogen (secondary N) is 1. The molecule has 0 spiro atoms. The Morgan fingerprint density at radius 3 is 2.80 bits per heavy atom. The second-order valence-corrected chi connectivity index (χ2v) is 5.36. The Morgan fingerprint density at radius 1 is 1.40 bits per heavy atom. The van der Waals surface area contributed by atoms with E-state index in [1.807, 2.05) is 19.9 Å². The topological polar surface area (TPSA) is 69.6 Å². The molecule has 5 nitrogen and oxygen atoms in total. The molecule has 0 aromatic heterocycles. The van der Waals surface area contributed by atoms with E-state index in [4.69, 9.17) is 5.11 Å². The summed E-state index contributed by atoms with van der Waals surface area (Å²) in [6.45, 7) is 5.39. The van der Waals surface area contributed by atoms with Gasteiger partial charge in [-0.05, 0) is 44.0 Å². The fraction of sp³-hybridized carbons (Fsp3) is 0.467. The minimum absolute atomic E-state index is 0.0515. The van der Waals surface area contributed by atoms with Crippen LogP contribution in [0.3, 0.4) is 0 Å². The molecule has 5 heteroatoms. The molecule has 0 bridgehead atoms. The van der Waals surface area contributed by atoms with Crippen LogP contribution in [0.5, 0.6) is 0 Å². The number of hydrogen-bond acceptors (Lipinski definition) is 3. The lowest BCUT2D eigenvalue weighted by Gasteiger charge is -2.19. The molecule has 1 heterocycles. The van der Waals surface area contributed by atoms with Gasteiger partial charge in [0, 0.05) is 31.2 Å². The average molecular weight is 276 g/mol. The number of aromatic carboxylic acids is 1. The van der Waals surface area contributed by atoms with Gasteiger partial charge in [-0.1, -0.05) is 0 Å². The molecular weight excluding hydrogens is 256 g/mol. The van der Waals surface area contributed by atoms with Gasteiger partial charge in [0.15, 0.2) is 0 Å². The first-order chi connectivity index (χ1) is 9.47. The van der Waals surface area contributed by atoms with E-state index < -0.39 is 5.97 Å². The number of amides is 1. The monoisotopic (exact) mass is 276 g/mol. The molecule has 0 saturated carbocycles. The zero-order chi connectivity index (χ0) is 14.7. The van der Waals surface area contributed by atoms with Crippen molar-refractivity contribution in [3.8, 4) is 0 Å². The minimum atomic E-state index is -0.900. The summed E-state index contributed by atoms with van der Waals surface area (Å²) in [4.78, 5) is 24.7. The molecule has 0 atom stereocenters. The Balaban J connectivity index is 1.98. The number of fused-ring (bicyclic) bond motifs is 1. The average Bonchev–Trinajstić information content (AvgIpc) is 2.77. The third kappa shape index (κ3) is 3.29. The van der Waals surface area contributed by atoms with Crippen molar-refractivity contribution in [3.05, 3.63) is 29.3 Å². The summed E-state index contributed by atoms with van der Waals surface area (Å²) in [5, 5.41) is 11.8. The Morgan fingerprint density at radius 2 is 2.15 bits per heavy atom. The molecule has 1 amide bonds. The van der Waals surface area contributed by atoms with E-state index in [9.17, 15) is 9.59 Å². The van der Waals surface area contributed by atoms with Crippen LogP contribution in [0.25, 0.3) is 0 Å². The summed E-state index contributed by atoms with van der Waals surface area (Å²) in [6.07, 6.45) is 1.29. The van der Waals surface area contributed by atoms with Gasteiger partial charge in [-0.15, -0.1) is 0 Å². The maximum atomic E-state index is 11.7. The van der Waals surface area contributed by atoms with Crippen molar-refractivity contribution < 1.29 is 14.7 Å². The Kier molecular flexibility index (Phi) is 4.27. The molecule has 0 aliphatic carbocycles. The number of benzene rings is 1. The van der Waals surface area contributed by atoms with E-state index in [0.717, 1.165) is 24.2 Å². The molecule has 0 unspecified atom stereocenters. The van der Waals surface area contributed by atoms with Crippen LogP contribution in [-0.4, -0.2) is 36.1 Å². The lowest BCUT2D eigenvalue weighted by molar-refractivity contribution is -0.121. The van der Waals surface area contributed by atoms with Gasteiger partial charge in [0.1, 0.15) is 0 Å². The molecule has 108 valence electrons.